The minimum Gasteiger partial charge on any atom is -1.00 e. The molecule has 0 aromatic carbocycles. The van der Waals surface area contributed by atoms with Crippen LogP contribution in [0.2, 0.25) is 13.4 Å². The van der Waals surface area contributed by atoms with E-state index in [9.17, 15) is 0 Å². The number of halogens is 1. The molecule has 1 fully saturated rings. The van der Waals surface area contributed by atoms with Crippen LogP contribution in [0.5, 0.6) is 0 Å². The molecule has 1 nitrogen and oxygen atoms in total. The molecular weight excluding hydrogens is 296 g/mol. The molecule has 0 aromatic heterocycles. The molecule has 0 unspecified atom stereocenters. The summed E-state index contributed by atoms with van der Waals surface area (Å²) in [5, 5.41) is 0. The summed E-state index contributed by atoms with van der Waals surface area (Å²) in [6, 6.07) is 0. The zero-order valence-electron chi connectivity index (χ0n) is 5.73. The molecule has 1 rings (SSSR count). The largest absolute Gasteiger partial charge is 1.00 e. The Balaban J connectivity index is 0.000000640. The summed E-state index contributed by atoms with van der Waals surface area (Å²) in [6.07, 6.45) is 0. The Morgan fingerprint density at radius 3 is 2.22 bits per heavy atom. The monoisotopic (exact) mass is 310 g/mol. The van der Waals surface area contributed by atoms with Crippen molar-refractivity contribution in [3.05, 3.63) is 0 Å². The Kier molecular flexibility index (Phi) is 6.79. The van der Waals surface area contributed by atoms with E-state index in [1.165, 1.54) is 13.4 Å². The van der Waals surface area contributed by atoms with Crippen LogP contribution < -0.4 is 17.0 Å². The molecule has 3 heteroatoms. The van der Waals surface area contributed by atoms with Gasteiger partial charge in [-0.05, 0) is 0 Å². The van der Waals surface area contributed by atoms with Gasteiger partial charge in [-0.2, -0.15) is 0 Å². The van der Waals surface area contributed by atoms with Crippen molar-refractivity contribution >= 4 is 19.6 Å². The molecule has 0 spiro atoms. The van der Waals surface area contributed by atoms with E-state index in [2.05, 4.69) is 6.92 Å². The van der Waals surface area contributed by atoms with Gasteiger partial charge < -0.3 is 17.0 Å². The Labute approximate surface area is 74.6 Å². The van der Waals surface area contributed by atoms with Crippen LogP contribution in [0, 0.1) is 0 Å². The van der Waals surface area contributed by atoms with E-state index in [4.69, 9.17) is 4.74 Å². The Morgan fingerprint density at radius 1 is 1.33 bits per heavy atom. The number of ether oxygens (including phenoxy) is 1. The maximum Gasteiger partial charge on any atom is -1.00 e. The van der Waals surface area contributed by atoms with Crippen molar-refractivity contribution in [2.45, 2.75) is 20.3 Å². The Bertz CT molecular complexity index is 64.1. The van der Waals surface area contributed by atoms with E-state index >= 15 is 0 Å². The molecule has 1 aliphatic heterocycles. The van der Waals surface area contributed by atoms with Crippen molar-refractivity contribution < 1.29 is 21.7 Å². The molecule has 0 radical (unpaired) electrons. The van der Waals surface area contributed by atoms with Crippen molar-refractivity contribution in [3.8, 4) is 0 Å². The van der Waals surface area contributed by atoms with Gasteiger partial charge in [-0.15, -0.1) is 0 Å². The van der Waals surface area contributed by atoms with Crippen molar-refractivity contribution in [2.24, 2.45) is 0 Å². The second-order valence-corrected chi connectivity index (χ2v) is 9.40. The number of rotatable bonds is 1. The quantitative estimate of drug-likeness (QED) is 0.538. The van der Waals surface area contributed by atoms with Gasteiger partial charge in [0.1, 0.15) is 0 Å². The first kappa shape index (κ1) is 10.2. The molecule has 0 saturated carbocycles. The third-order valence-corrected chi connectivity index (χ3v) is 8.02. The summed E-state index contributed by atoms with van der Waals surface area (Å²) in [4.78, 5) is 0. The van der Waals surface area contributed by atoms with E-state index in [1.54, 1.807) is 0 Å². The van der Waals surface area contributed by atoms with Crippen LogP contribution in [0.1, 0.15) is 6.92 Å². The minimum absolute atomic E-state index is 0. The fourth-order valence-electron chi connectivity index (χ4n) is 0.846. The maximum atomic E-state index is 5.24. The molecular formula is C6H13BrOTe. The summed E-state index contributed by atoms with van der Waals surface area (Å²) in [5.74, 6) is 0. The SMILES string of the molecule is CC[Te+]1CCOCC1.[Br-]. The molecule has 0 aliphatic carbocycles. The molecule has 9 heavy (non-hydrogen) atoms. The van der Waals surface area contributed by atoms with Gasteiger partial charge in [-0.25, -0.2) is 0 Å². The van der Waals surface area contributed by atoms with Crippen molar-refractivity contribution in [1.82, 2.24) is 0 Å². The van der Waals surface area contributed by atoms with Gasteiger partial charge >= 0.3 is 57.8 Å². The second kappa shape index (κ2) is 5.97. The standard InChI is InChI=1S/C6H13OTe.BrH/c1-2-8-5-3-7-4-6-8;/h2-6H2,1H3;1H/q+1;/p-1. The molecule has 1 heterocycles. The number of hydrogen-bond acceptors (Lipinski definition) is 1. The second-order valence-electron chi connectivity index (χ2n) is 1.92. The zero-order valence-corrected chi connectivity index (χ0v) is 9.65. The van der Waals surface area contributed by atoms with Crippen molar-refractivity contribution in [1.29, 1.82) is 0 Å². The van der Waals surface area contributed by atoms with Crippen molar-refractivity contribution in [3.63, 3.8) is 0 Å². The smallest absolute Gasteiger partial charge is 1.00 e. The molecule has 0 amide bonds. The normalized spacial score (nSPS) is 21.0. The summed E-state index contributed by atoms with van der Waals surface area (Å²) in [7, 11) is 0. The van der Waals surface area contributed by atoms with E-state index in [0.29, 0.717) is 0 Å². The van der Waals surface area contributed by atoms with Crippen LogP contribution in [0.4, 0.5) is 0 Å². The van der Waals surface area contributed by atoms with E-state index < -0.39 is 19.6 Å². The van der Waals surface area contributed by atoms with E-state index in [-0.39, 0.29) is 17.0 Å². The Morgan fingerprint density at radius 2 is 1.89 bits per heavy atom. The van der Waals surface area contributed by atoms with Gasteiger partial charge in [0.25, 0.3) is 0 Å². The van der Waals surface area contributed by atoms with Crippen LogP contribution in [0.15, 0.2) is 0 Å². The third kappa shape index (κ3) is 3.83. The molecule has 0 aromatic rings. The molecule has 0 bridgehead atoms. The average molecular weight is 309 g/mol. The first-order chi connectivity index (χ1) is 3.93. The zero-order chi connectivity index (χ0) is 5.82. The predicted molar refractivity (Wildman–Crippen MR) is 36.7 cm³/mol. The fourth-order valence-corrected chi connectivity index (χ4v) is 5.09. The van der Waals surface area contributed by atoms with E-state index in [1.807, 2.05) is 0 Å². The van der Waals surface area contributed by atoms with Gasteiger partial charge in [-0.3, -0.25) is 0 Å². The molecule has 1 saturated heterocycles. The van der Waals surface area contributed by atoms with Crippen LogP contribution >= 0.6 is 0 Å². The first-order valence-electron chi connectivity index (χ1n) is 3.15. The number of hydrogen-bond donors (Lipinski definition) is 0. The molecule has 1 aliphatic rings. The Hall–Kier alpha value is 1.23. The first-order valence-corrected chi connectivity index (χ1v) is 8.09. The van der Waals surface area contributed by atoms with Crippen LogP contribution in [0.25, 0.3) is 0 Å². The summed E-state index contributed by atoms with van der Waals surface area (Å²) in [6.45, 7) is 4.48. The van der Waals surface area contributed by atoms with Gasteiger partial charge in [0.2, 0.25) is 0 Å². The van der Waals surface area contributed by atoms with Gasteiger partial charge in [0.15, 0.2) is 0 Å². The van der Waals surface area contributed by atoms with Crippen LogP contribution in [-0.4, -0.2) is 32.8 Å². The van der Waals surface area contributed by atoms with Gasteiger partial charge in [0, 0.05) is 0 Å². The molecule has 0 N–H and O–H groups in total. The topological polar surface area (TPSA) is 9.23 Å². The predicted octanol–water partition coefficient (Wildman–Crippen LogP) is -1.46. The molecule has 56 valence electrons. The van der Waals surface area contributed by atoms with Crippen molar-refractivity contribution in [2.75, 3.05) is 13.2 Å². The average Bonchev–Trinajstić information content (AvgIpc) is 1.90. The third-order valence-electron chi connectivity index (χ3n) is 1.44. The summed E-state index contributed by atoms with van der Waals surface area (Å²) in [5.41, 5.74) is 0. The van der Waals surface area contributed by atoms with Gasteiger partial charge in [0.05, 0.1) is 0 Å². The van der Waals surface area contributed by atoms with E-state index in [0.717, 1.165) is 13.2 Å². The molecule has 0 atom stereocenters. The minimum atomic E-state index is -0.497. The van der Waals surface area contributed by atoms with Crippen LogP contribution in [-0.2, 0) is 4.74 Å². The summed E-state index contributed by atoms with van der Waals surface area (Å²) >= 11 is -0.497. The van der Waals surface area contributed by atoms with Gasteiger partial charge in [-0.1, -0.05) is 0 Å². The summed E-state index contributed by atoms with van der Waals surface area (Å²) < 4.78 is 9.67. The maximum absolute atomic E-state index is 5.24. The van der Waals surface area contributed by atoms with Crippen LogP contribution in [0.3, 0.4) is 0 Å². The fraction of sp³-hybridized carbons (Fsp3) is 1.00.